The number of nitrogens with two attached hydrogens (primary N) is 1. The van der Waals surface area contributed by atoms with Crippen LogP contribution in [-0.2, 0) is 0 Å². The van der Waals surface area contributed by atoms with Crippen LogP contribution in [-0.4, -0.2) is 9.38 Å². The fraction of sp³-hybridized carbons (Fsp3) is 0.308. The molecule has 0 radical (unpaired) electrons. The van der Waals surface area contributed by atoms with Crippen molar-refractivity contribution in [3.8, 4) is 0 Å². The van der Waals surface area contributed by atoms with Crippen LogP contribution in [0.4, 0.5) is 0 Å². The zero-order valence-electron chi connectivity index (χ0n) is 10.2. The molecule has 0 aliphatic heterocycles. The summed E-state index contributed by atoms with van der Waals surface area (Å²) in [6.07, 6.45) is 2.06. The highest BCUT2D eigenvalue weighted by molar-refractivity contribution is 7.23. The maximum absolute atomic E-state index is 5.87. The number of thiazole rings is 1. The summed E-state index contributed by atoms with van der Waals surface area (Å²) in [6, 6.07) is 4.41. The minimum absolute atomic E-state index is 0.0112. The normalized spacial score (nSPS) is 13.6. The van der Waals surface area contributed by atoms with Crippen molar-refractivity contribution >= 4 is 26.5 Å². The molecule has 4 heteroatoms. The van der Waals surface area contributed by atoms with Crippen molar-refractivity contribution in [2.75, 3.05) is 0 Å². The molecule has 17 heavy (non-hydrogen) atoms. The third kappa shape index (κ3) is 1.56. The number of benzene rings is 1. The maximum Gasteiger partial charge on any atom is 0.195 e. The van der Waals surface area contributed by atoms with Gasteiger partial charge < -0.3 is 5.73 Å². The van der Waals surface area contributed by atoms with Crippen molar-refractivity contribution in [2.24, 2.45) is 5.73 Å². The summed E-state index contributed by atoms with van der Waals surface area (Å²) in [5.74, 6) is 0. The van der Waals surface area contributed by atoms with E-state index in [4.69, 9.17) is 5.73 Å². The smallest absolute Gasteiger partial charge is 0.195 e. The van der Waals surface area contributed by atoms with Gasteiger partial charge in [0.25, 0.3) is 0 Å². The Labute approximate surface area is 104 Å². The van der Waals surface area contributed by atoms with Crippen molar-refractivity contribution in [3.63, 3.8) is 0 Å². The van der Waals surface area contributed by atoms with Crippen molar-refractivity contribution in [3.05, 3.63) is 35.2 Å². The zero-order valence-corrected chi connectivity index (χ0v) is 11.0. The molecule has 0 aliphatic rings. The van der Waals surface area contributed by atoms with Crippen LogP contribution in [0.2, 0.25) is 0 Å². The number of nitrogens with zero attached hydrogens (tertiary/aromatic N) is 2. The summed E-state index contributed by atoms with van der Waals surface area (Å²) >= 11 is 1.72. The molecule has 2 heterocycles. The number of hydrogen-bond acceptors (Lipinski definition) is 3. The fourth-order valence-corrected chi connectivity index (χ4v) is 3.43. The molecular formula is C13H15N3S. The van der Waals surface area contributed by atoms with E-state index in [2.05, 4.69) is 41.6 Å². The molecule has 3 nitrogen and oxygen atoms in total. The summed E-state index contributed by atoms with van der Waals surface area (Å²) in [5.41, 5.74) is 10.7. The van der Waals surface area contributed by atoms with Gasteiger partial charge in [0.2, 0.25) is 0 Å². The highest BCUT2D eigenvalue weighted by atomic mass is 32.1. The Morgan fingerprint density at radius 1 is 1.35 bits per heavy atom. The number of fused-ring (bicyclic) bond motifs is 3. The monoisotopic (exact) mass is 245 g/mol. The lowest BCUT2D eigenvalue weighted by molar-refractivity contribution is 0.790. The Morgan fingerprint density at radius 2 is 2.12 bits per heavy atom. The van der Waals surface area contributed by atoms with Crippen LogP contribution in [0.3, 0.4) is 0 Å². The molecule has 1 atom stereocenters. The number of imidazole rings is 1. The first-order chi connectivity index (χ1) is 8.06. The van der Waals surface area contributed by atoms with E-state index in [1.54, 1.807) is 11.3 Å². The Hall–Kier alpha value is -1.39. The maximum atomic E-state index is 5.87. The lowest BCUT2D eigenvalue weighted by atomic mass is 10.1. The summed E-state index contributed by atoms with van der Waals surface area (Å²) in [7, 11) is 0. The summed E-state index contributed by atoms with van der Waals surface area (Å²) in [4.78, 5) is 5.61. The standard InChI is InChI=1S/C13H15N3S/c1-7-4-8(2)12-11(5-7)17-13-15-10(9(3)14)6-16(12)13/h4-6,9H,14H2,1-3H3. The van der Waals surface area contributed by atoms with Crippen LogP contribution < -0.4 is 5.73 Å². The Kier molecular flexibility index (Phi) is 2.24. The number of hydrogen-bond donors (Lipinski definition) is 1. The highest BCUT2D eigenvalue weighted by Crippen LogP contribution is 2.30. The van der Waals surface area contributed by atoms with Gasteiger partial charge in [-0.15, -0.1) is 0 Å². The molecule has 88 valence electrons. The molecule has 0 saturated carbocycles. The zero-order chi connectivity index (χ0) is 12.2. The average molecular weight is 245 g/mol. The van der Waals surface area contributed by atoms with Gasteiger partial charge in [-0.2, -0.15) is 0 Å². The Bertz CT molecular complexity index is 706. The molecule has 0 aliphatic carbocycles. The van der Waals surface area contributed by atoms with Crippen LogP contribution >= 0.6 is 11.3 Å². The number of rotatable bonds is 1. The second-order valence-corrected chi connectivity index (χ2v) is 5.65. The SMILES string of the molecule is Cc1cc(C)c2c(c1)sc1nc(C(C)N)cn12. The average Bonchev–Trinajstić information content (AvgIpc) is 2.72. The lowest BCUT2D eigenvalue weighted by Gasteiger charge is -2.00. The van der Waals surface area contributed by atoms with Crippen LogP contribution in [0.5, 0.6) is 0 Å². The van der Waals surface area contributed by atoms with Gasteiger partial charge in [-0.1, -0.05) is 17.4 Å². The first-order valence-corrected chi connectivity index (χ1v) is 6.52. The minimum atomic E-state index is -0.0112. The van der Waals surface area contributed by atoms with Gasteiger partial charge in [-0.3, -0.25) is 4.40 Å². The quantitative estimate of drug-likeness (QED) is 0.715. The van der Waals surface area contributed by atoms with Crippen LogP contribution in [0.1, 0.15) is 29.8 Å². The molecule has 0 saturated heterocycles. The topological polar surface area (TPSA) is 43.3 Å². The van der Waals surface area contributed by atoms with Crippen LogP contribution in [0, 0.1) is 13.8 Å². The fourth-order valence-electron chi connectivity index (χ4n) is 2.24. The molecule has 3 aromatic rings. The third-order valence-corrected chi connectivity index (χ3v) is 4.01. The largest absolute Gasteiger partial charge is 0.323 e. The van der Waals surface area contributed by atoms with Crippen LogP contribution in [0.15, 0.2) is 18.3 Å². The lowest BCUT2D eigenvalue weighted by Crippen LogP contribution is -2.04. The molecule has 0 amide bonds. The van der Waals surface area contributed by atoms with Crippen molar-refractivity contribution < 1.29 is 0 Å². The third-order valence-electron chi connectivity index (χ3n) is 3.01. The Balaban J connectivity index is 2.40. The molecule has 1 unspecified atom stereocenters. The number of aromatic nitrogens is 2. The van der Waals surface area contributed by atoms with E-state index in [-0.39, 0.29) is 6.04 Å². The molecule has 2 N–H and O–H groups in total. The van der Waals surface area contributed by atoms with Gasteiger partial charge in [-0.25, -0.2) is 4.98 Å². The van der Waals surface area contributed by atoms with Crippen LogP contribution in [0.25, 0.3) is 15.2 Å². The van der Waals surface area contributed by atoms with Gasteiger partial charge >= 0.3 is 0 Å². The van der Waals surface area contributed by atoms with E-state index in [9.17, 15) is 0 Å². The van der Waals surface area contributed by atoms with Gasteiger partial charge in [0.1, 0.15) is 0 Å². The van der Waals surface area contributed by atoms with Gasteiger partial charge in [0.15, 0.2) is 4.96 Å². The van der Waals surface area contributed by atoms with E-state index in [1.807, 2.05) is 6.92 Å². The predicted octanol–water partition coefficient (Wildman–Crippen LogP) is 3.19. The van der Waals surface area contributed by atoms with Gasteiger partial charge in [-0.05, 0) is 38.0 Å². The molecular weight excluding hydrogens is 230 g/mol. The molecule has 0 bridgehead atoms. The first-order valence-electron chi connectivity index (χ1n) is 5.70. The Morgan fingerprint density at radius 3 is 2.82 bits per heavy atom. The molecule has 1 aromatic carbocycles. The van der Waals surface area contributed by atoms with Gasteiger partial charge in [0.05, 0.1) is 15.9 Å². The second-order valence-electron chi connectivity index (χ2n) is 4.64. The van der Waals surface area contributed by atoms with E-state index >= 15 is 0 Å². The summed E-state index contributed by atoms with van der Waals surface area (Å²) in [6.45, 7) is 6.24. The first kappa shape index (κ1) is 10.7. The van der Waals surface area contributed by atoms with E-state index in [0.29, 0.717) is 0 Å². The van der Waals surface area contributed by atoms with E-state index in [1.165, 1.54) is 21.3 Å². The van der Waals surface area contributed by atoms with Crippen molar-refractivity contribution in [1.29, 1.82) is 0 Å². The summed E-state index contributed by atoms with van der Waals surface area (Å²) < 4.78 is 3.45. The van der Waals surface area contributed by atoms with Crippen molar-refractivity contribution in [2.45, 2.75) is 26.8 Å². The second kappa shape index (κ2) is 3.55. The molecule has 2 aromatic heterocycles. The summed E-state index contributed by atoms with van der Waals surface area (Å²) in [5, 5.41) is 0. The highest BCUT2D eigenvalue weighted by Gasteiger charge is 2.12. The predicted molar refractivity (Wildman–Crippen MR) is 72.7 cm³/mol. The van der Waals surface area contributed by atoms with E-state index < -0.39 is 0 Å². The number of aryl methyl sites for hydroxylation is 2. The minimum Gasteiger partial charge on any atom is -0.323 e. The molecule has 3 rings (SSSR count). The molecule has 0 spiro atoms. The van der Waals surface area contributed by atoms with E-state index in [0.717, 1.165) is 10.7 Å². The van der Waals surface area contributed by atoms with Gasteiger partial charge in [0, 0.05) is 12.2 Å². The molecule has 0 fully saturated rings. The van der Waals surface area contributed by atoms with Crippen molar-refractivity contribution in [1.82, 2.24) is 9.38 Å².